The van der Waals surface area contributed by atoms with Gasteiger partial charge in [0.05, 0.1) is 6.54 Å². The van der Waals surface area contributed by atoms with Gasteiger partial charge in [0.15, 0.2) is 0 Å². The molecule has 2 heterocycles. The maximum Gasteiger partial charge on any atom is 0.312 e. The van der Waals surface area contributed by atoms with Gasteiger partial charge in [0.1, 0.15) is 29.6 Å². The maximum absolute atomic E-state index is 13.5. The minimum Gasteiger partial charge on any atom is -0.361 e. The Labute approximate surface area is 145 Å². The molecule has 7 nitrogen and oxygen atoms in total. The van der Waals surface area contributed by atoms with Crippen LogP contribution in [0.2, 0.25) is 0 Å². The number of carbonyl (C=O) groups is 1. The van der Waals surface area contributed by atoms with Gasteiger partial charge in [0.2, 0.25) is 5.91 Å². The predicted molar refractivity (Wildman–Crippen MR) is 85.8 cm³/mol. The minimum absolute atomic E-state index is 0.101. The van der Waals surface area contributed by atoms with Crippen molar-refractivity contribution in [3.05, 3.63) is 66.3 Å². The number of nitrogens with one attached hydrogen (secondary N) is 2. The number of anilines is 1. The highest BCUT2D eigenvalue weighted by atomic mass is 19.1. The van der Waals surface area contributed by atoms with Crippen LogP contribution < -0.4 is 10.6 Å². The fraction of sp³-hybridized carbons (Fsp3) is 0.125. The number of halogens is 3. The summed E-state index contributed by atoms with van der Waals surface area (Å²) < 4.78 is 41.3. The van der Waals surface area contributed by atoms with Gasteiger partial charge in [-0.2, -0.15) is 14.4 Å². The first kappa shape index (κ1) is 17.4. The molecule has 0 saturated heterocycles. The third-order valence-electron chi connectivity index (χ3n) is 3.38. The molecule has 2 N–H and O–H groups in total. The summed E-state index contributed by atoms with van der Waals surface area (Å²) in [5, 5.41) is 5.13. The van der Waals surface area contributed by atoms with Gasteiger partial charge in [0.25, 0.3) is 0 Å². The molecule has 26 heavy (non-hydrogen) atoms. The topological polar surface area (TPSA) is 84.7 Å². The normalized spacial score (nSPS) is 10.6. The van der Waals surface area contributed by atoms with Gasteiger partial charge < -0.3 is 10.6 Å². The first-order valence-corrected chi connectivity index (χ1v) is 7.48. The highest BCUT2D eigenvalue weighted by Gasteiger charge is 2.09. The summed E-state index contributed by atoms with van der Waals surface area (Å²) in [5.41, 5.74) is 0.148. The van der Waals surface area contributed by atoms with Crippen molar-refractivity contribution < 1.29 is 18.0 Å². The number of amides is 1. The first-order chi connectivity index (χ1) is 12.5. The van der Waals surface area contributed by atoms with Crippen LogP contribution in [-0.4, -0.2) is 32.0 Å². The second kappa shape index (κ2) is 7.64. The van der Waals surface area contributed by atoms with Gasteiger partial charge in [0, 0.05) is 36.6 Å². The molecule has 0 saturated carbocycles. The van der Waals surface area contributed by atoms with E-state index in [1.54, 1.807) is 6.20 Å². The molecular weight excluding hydrogens is 349 g/mol. The molecule has 0 aliphatic carbocycles. The molecule has 0 spiro atoms. The Hall–Kier alpha value is -3.43. The van der Waals surface area contributed by atoms with Crippen molar-refractivity contribution in [1.82, 2.24) is 24.8 Å². The van der Waals surface area contributed by atoms with Gasteiger partial charge in [-0.15, -0.1) is 0 Å². The minimum atomic E-state index is -0.965. The zero-order valence-electron chi connectivity index (χ0n) is 13.3. The second-order valence-corrected chi connectivity index (χ2v) is 5.22. The van der Waals surface area contributed by atoms with Gasteiger partial charge in [-0.3, -0.25) is 9.36 Å². The van der Waals surface area contributed by atoms with E-state index in [2.05, 4.69) is 25.6 Å². The fourth-order valence-electron chi connectivity index (χ4n) is 2.12. The van der Waals surface area contributed by atoms with E-state index >= 15 is 0 Å². The van der Waals surface area contributed by atoms with Crippen molar-refractivity contribution in [2.75, 3.05) is 11.9 Å². The quantitative estimate of drug-likeness (QED) is 0.654. The van der Waals surface area contributed by atoms with Crippen molar-refractivity contribution in [3.8, 4) is 5.82 Å². The van der Waals surface area contributed by atoms with Crippen LogP contribution in [0, 0.1) is 17.7 Å². The number of imidazole rings is 1. The molecule has 0 aliphatic rings. The average Bonchev–Trinajstić information content (AvgIpc) is 3.13. The largest absolute Gasteiger partial charge is 0.361 e. The number of hydrogen-bond acceptors (Lipinski definition) is 5. The summed E-state index contributed by atoms with van der Waals surface area (Å²) in [6.07, 6.45) is 3.56. The van der Waals surface area contributed by atoms with Crippen LogP contribution in [-0.2, 0) is 11.3 Å². The standard InChI is InChI=1S/C16H13F3N6O/c17-11-2-1-10(12(18)5-11)7-22-15(26)8-21-13-6-14(24-16(19)23-13)25-4-3-20-9-25/h1-6,9H,7-8H2,(H,22,26)(H,21,23,24). The van der Waals surface area contributed by atoms with Crippen molar-refractivity contribution in [3.63, 3.8) is 0 Å². The van der Waals surface area contributed by atoms with Crippen LogP contribution in [0.5, 0.6) is 0 Å². The monoisotopic (exact) mass is 362 g/mol. The summed E-state index contributed by atoms with van der Waals surface area (Å²) in [4.78, 5) is 22.9. The Morgan fingerprint density at radius 3 is 2.73 bits per heavy atom. The van der Waals surface area contributed by atoms with Crippen molar-refractivity contribution in [2.24, 2.45) is 0 Å². The van der Waals surface area contributed by atoms with Gasteiger partial charge >= 0.3 is 6.08 Å². The lowest BCUT2D eigenvalue weighted by atomic mass is 10.2. The predicted octanol–water partition coefficient (Wildman–Crippen LogP) is 1.81. The van der Waals surface area contributed by atoms with E-state index in [0.29, 0.717) is 0 Å². The van der Waals surface area contributed by atoms with Crippen molar-refractivity contribution >= 4 is 11.7 Å². The molecule has 0 fully saturated rings. The molecular formula is C16H13F3N6O. The molecule has 10 heteroatoms. The molecule has 0 atom stereocenters. The Kier molecular flexibility index (Phi) is 5.11. The maximum atomic E-state index is 13.5. The smallest absolute Gasteiger partial charge is 0.312 e. The number of hydrogen-bond donors (Lipinski definition) is 2. The van der Waals surface area contributed by atoms with E-state index in [-0.39, 0.29) is 30.3 Å². The number of carbonyl (C=O) groups excluding carboxylic acids is 1. The summed E-state index contributed by atoms with van der Waals surface area (Å²) in [5.74, 6) is -1.58. The SMILES string of the molecule is O=C(CNc1cc(-n2ccnc2)nc(F)n1)NCc1ccc(F)cc1F. The average molecular weight is 362 g/mol. The summed E-state index contributed by atoms with van der Waals surface area (Å²) in [6.45, 7) is -0.326. The Balaban J connectivity index is 1.57. The van der Waals surface area contributed by atoms with E-state index in [1.807, 2.05) is 0 Å². The molecule has 0 bridgehead atoms. The number of benzene rings is 1. The van der Waals surface area contributed by atoms with Crippen LogP contribution in [0.4, 0.5) is 19.0 Å². The number of aromatic nitrogens is 4. The molecule has 1 amide bonds. The molecule has 2 aromatic heterocycles. The Bertz CT molecular complexity index is 916. The highest BCUT2D eigenvalue weighted by Crippen LogP contribution is 2.11. The first-order valence-electron chi connectivity index (χ1n) is 7.48. The summed E-state index contributed by atoms with van der Waals surface area (Å²) in [7, 11) is 0. The third kappa shape index (κ3) is 4.35. The van der Waals surface area contributed by atoms with Crippen molar-refractivity contribution in [1.29, 1.82) is 0 Å². The van der Waals surface area contributed by atoms with Crippen LogP contribution in [0.25, 0.3) is 5.82 Å². The lowest BCUT2D eigenvalue weighted by Crippen LogP contribution is -2.30. The summed E-state index contributed by atoms with van der Waals surface area (Å²) >= 11 is 0. The molecule has 1 aromatic carbocycles. The van der Waals surface area contributed by atoms with E-state index in [4.69, 9.17) is 0 Å². The fourth-order valence-corrected chi connectivity index (χ4v) is 2.12. The van der Waals surface area contributed by atoms with Gasteiger partial charge in [-0.1, -0.05) is 6.07 Å². The molecule has 3 rings (SSSR count). The zero-order chi connectivity index (χ0) is 18.5. The van der Waals surface area contributed by atoms with Crippen LogP contribution in [0.15, 0.2) is 43.0 Å². The highest BCUT2D eigenvalue weighted by molar-refractivity contribution is 5.80. The zero-order valence-corrected chi connectivity index (χ0v) is 13.3. The van der Waals surface area contributed by atoms with Gasteiger partial charge in [-0.05, 0) is 6.07 Å². The molecule has 3 aromatic rings. The number of rotatable bonds is 6. The van der Waals surface area contributed by atoms with Gasteiger partial charge in [-0.25, -0.2) is 13.8 Å². The Morgan fingerprint density at radius 1 is 1.15 bits per heavy atom. The molecule has 0 unspecified atom stereocenters. The molecule has 134 valence electrons. The van der Waals surface area contributed by atoms with Crippen molar-refractivity contribution in [2.45, 2.75) is 6.54 Å². The molecule has 0 radical (unpaired) electrons. The van der Waals surface area contributed by atoms with Crippen LogP contribution >= 0.6 is 0 Å². The molecule has 0 aliphatic heterocycles. The third-order valence-corrected chi connectivity index (χ3v) is 3.38. The van der Waals surface area contributed by atoms with E-state index in [1.165, 1.54) is 29.2 Å². The van der Waals surface area contributed by atoms with E-state index in [0.717, 1.165) is 12.1 Å². The van der Waals surface area contributed by atoms with Crippen LogP contribution in [0.3, 0.4) is 0 Å². The second-order valence-electron chi connectivity index (χ2n) is 5.22. The van der Waals surface area contributed by atoms with E-state index < -0.39 is 23.6 Å². The lowest BCUT2D eigenvalue weighted by Gasteiger charge is -2.09. The number of nitrogens with zero attached hydrogens (tertiary/aromatic N) is 4. The lowest BCUT2D eigenvalue weighted by molar-refractivity contribution is -0.119. The Morgan fingerprint density at radius 2 is 2.00 bits per heavy atom. The van der Waals surface area contributed by atoms with Crippen LogP contribution in [0.1, 0.15) is 5.56 Å². The summed E-state index contributed by atoms with van der Waals surface area (Å²) in [6, 6.07) is 4.53. The van der Waals surface area contributed by atoms with E-state index in [9.17, 15) is 18.0 Å².